The molecule has 58 valence electrons. The van der Waals surface area contributed by atoms with Gasteiger partial charge in [0.25, 0.3) is 0 Å². The van der Waals surface area contributed by atoms with Gasteiger partial charge < -0.3 is 5.11 Å². The molecule has 0 aliphatic carbocycles. The molecule has 0 bridgehead atoms. The fourth-order valence-corrected chi connectivity index (χ4v) is 0.672. The molecule has 0 spiro atoms. The maximum Gasteiger partial charge on any atom is 0.0855 e. The highest BCUT2D eigenvalue weighted by atomic mass is 16.2. The van der Waals surface area contributed by atoms with Crippen molar-refractivity contribution in [2.24, 2.45) is 0 Å². The van der Waals surface area contributed by atoms with Crippen LogP contribution in [0.3, 0.4) is 0 Å². The zero-order valence-corrected chi connectivity index (χ0v) is 6.36. The lowest BCUT2D eigenvalue weighted by Crippen LogP contribution is -1.87. The Morgan fingerprint density at radius 3 is 2.82 bits per heavy atom. The molecule has 0 atom stereocenters. The van der Waals surface area contributed by atoms with E-state index in [4.69, 9.17) is 5.11 Å². The number of nitrogens with zero attached hydrogens (tertiary/aromatic N) is 2. The van der Waals surface area contributed by atoms with E-state index in [0.29, 0.717) is 0 Å². The van der Waals surface area contributed by atoms with Gasteiger partial charge in [-0.2, -0.15) is 10.2 Å². The lowest BCUT2D eigenvalue weighted by molar-refractivity contribution is 0.343. The molecular weight excluding hydrogens is 140 g/mol. The molecule has 0 saturated heterocycles. The summed E-state index contributed by atoms with van der Waals surface area (Å²) >= 11 is 0. The Kier molecular flexibility index (Phi) is 2.74. The van der Waals surface area contributed by atoms with E-state index in [1.165, 1.54) is 0 Å². The highest BCUT2D eigenvalue weighted by Gasteiger charge is 1.87. The molecule has 11 heavy (non-hydrogen) atoms. The molecule has 0 fully saturated rings. The van der Waals surface area contributed by atoms with E-state index in [0.717, 1.165) is 11.4 Å². The molecule has 1 aromatic heterocycles. The van der Waals surface area contributed by atoms with Gasteiger partial charge in [-0.25, -0.2) is 0 Å². The maximum atomic E-state index is 8.45. The fourth-order valence-electron chi connectivity index (χ4n) is 0.672. The van der Waals surface area contributed by atoms with Crippen molar-refractivity contribution in [1.82, 2.24) is 10.2 Å². The Morgan fingerprint density at radius 2 is 2.27 bits per heavy atom. The van der Waals surface area contributed by atoms with Crippen LogP contribution >= 0.6 is 0 Å². The van der Waals surface area contributed by atoms with Gasteiger partial charge in [0.2, 0.25) is 0 Å². The first-order valence-corrected chi connectivity index (χ1v) is 3.40. The number of aryl methyl sites for hydroxylation is 1. The first-order chi connectivity index (χ1) is 5.33. The van der Waals surface area contributed by atoms with E-state index in [9.17, 15) is 0 Å². The Bertz CT molecular complexity index is 241. The van der Waals surface area contributed by atoms with Crippen molar-refractivity contribution in [3.05, 3.63) is 29.6 Å². The van der Waals surface area contributed by atoms with Gasteiger partial charge in [-0.3, -0.25) is 0 Å². The molecule has 0 unspecified atom stereocenters. The Morgan fingerprint density at radius 1 is 1.45 bits per heavy atom. The summed E-state index contributed by atoms with van der Waals surface area (Å²) in [7, 11) is 0. The lowest BCUT2D eigenvalue weighted by atomic mass is 10.3. The third-order valence-corrected chi connectivity index (χ3v) is 1.21. The maximum absolute atomic E-state index is 8.45. The number of aliphatic hydroxyl groups excluding tert-OH is 1. The zero-order chi connectivity index (χ0) is 8.10. The van der Waals surface area contributed by atoms with Crippen molar-refractivity contribution < 1.29 is 5.11 Å². The summed E-state index contributed by atoms with van der Waals surface area (Å²) in [4.78, 5) is 0. The largest absolute Gasteiger partial charge is 0.392 e. The molecule has 3 heteroatoms. The Labute approximate surface area is 65.4 Å². The van der Waals surface area contributed by atoms with Crippen LogP contribution in [-0.2, 0) is 0 Å². The SMILES string of the molecule is Cc1ccc(C=CCO)nn1. The number of rotatable bonds is 2. The predicted molar refractivity (Wildman–Crippen MR) is 42.9 cm³/mol. The first kappa shape index (κ1) is 7.88. The molecule has 1 aromatic rings. The van der Waals surface area contributed by atoms with Crippen molar-refractivity contribution in [3.63, 3.8) is 0 Å². The molecule has 0 radical (unpaired) electrons. The van der Waals surface area contributed by atoms with Crippen LogP contribution < -0.4 is 0 Å². The van der Waals surface area contributed by atoms with Crippen molar-refractivity contribution in [2.45, 2.75) is 6.92 Å². The van der Waals surface area contributed by atoms with E-state index in [1.54, 1.807) is 12.2 Å². The molecule has 3 nitrogen and oxygen atoms in total. The van der Waals surface area contributed by atoms with Gasteiger partial charge in [-0.1, -0.05) is 6.08 Å². The normalized spacial score (nSPS) is 10.7. The summed E-state index contributed by atoms with van der Waals surface area (Å²) in [6.07, 6.45) is 3.35. The standard InChI is InChI=1S/C8H10N2O/c1-7-4-5-8(10-9-7)3-2-6-11/h2-5,11H,6H2,1H3. The summed E-state index contributed by atoms with van der Waals surface area (Å²) in [5.74, 6) is 0. The number of hydrogen-bond acceptors (Lipinski definition) is 3. The van der Waals surface area contributed by atoms with Gasteiger partial charge in [-0.05, 0) is 25.1 Å². The lowest BCUT2D eigenvalue weighted by Gasteiger charge is -1.90. The van der Waals surface area contributed by atoms with Crippen LogP contribution in [0, 0.1) is 6.92 Å². The second-order valence-electron chi connectivity index (χ2n) is 2.18. The van der Waals surface area contributed by atoms with Crippen molar-refractivity contribution in [2.75, 3.05) is 6.61 Å². The highest BCUT2D eigenvalue weighted by molar-refractivity contribution is 5.43. The monoisotopic (exact) mass is 150 g/mol. The number of aromatic nitrogens is 2. The van der Waals surface area contributed by atoms with Gasteiger partial charge in [0.15, 0.2) is 0 Å². The van der Waals surface area contributed by atoms with E-state index in [-0.39, 0.29) is 6.61 Å². The topological polar surface area (TPSA) is 46.0 Å². The fraction of sp³-hybridized carbons (Fsp3) is 0.250. The van der Waals surface area contributed by atoms with Crippen LogP contribution in [0.2, 0.25) is 0 Å². The summed E-state index contributed by atoms with van der Waals surface area (Å²) in [6, 6.07) is 3.73. The van der Waals surface area contributed by atoms with E-state index < -0.39 is 0 Å². The van der Waals surface area contributed by atoms with Gasteiger partial charge in [-0.15, -0.1) is 0 Å². The van der Waals surface area contributed by atoms with Crippen LogP contribution in [0.4, 0.5) is 0 Å². The third-order valence-electron chi connectivity index (χ3n) is 1.21. The van der Waals surface area contributed by atoms with Crippen LogP contribution in [0.15, 0.2) is 18.2 Å². The Balaban J connectivity index is 2.73. The smallest absolute Gasteiger partial charge is 0.0855 e. The molecular formula is C8H10N2O. The second-order valence-corrected chi connectivity index (χ2v) is 2.18. The summed E-state index contributed by atoms with van der Waals surface area (Å²) in [5.41, 5.74) is 1.66. The minimum Gasteiger partial charge on any atom is -0.392 e. The number of aliphatic hydroxyl groups is 1. The van der Waals surface area contributed by atoms with Crippen LogP contribution in [-0.4, -0.2) is 21.9 Å². The molecule has 1 N–H and O–H groups in total. The summed E-state index contributed by atoms with van der Waals surface area (Å²) in [6.45, 7) is 1.92. The first-order valence-electron chi connectivity index (χ1n) is 3.40. The summed E-state index contributed by atoms with van der Waals surface area (Å²) < 4.78 is 0. The van der Waals surface area contributed by atoms with Crippen LogP contribution in [0.5, 0.6) is 0 Å². The second kappa shape index (κ2) is 3.83. The minimum absolute atomic E-state index is 0.0373. The minimum atomic E-state index is 0.0373. The molecule has 0 saturated carbocycles. The van der Waals surface area contributed by atoms with Gasteiger partial charge in [0.1, 0.15) is 0 Å². The summed E-state index contributed by atoms with van der Waals surface area (Å²) in [5, 5.41) is 16.2. The van der Waals surface area contributed by atoms with E-state index in [2.05, 4.69) is 10.2 Å². The molecule has 1 rings (SSSR count). The van der Waals surface area contributed by atoms with Crippen molar-refractivity contribution in [1.29, 1.82) is 0 Å². The number of hydrogen-bond donors (Lipinski definition) is 1. The third kappa shape index (κ3) is 2.47. The van der Waals surface area contributed by atoms with Gasteiger partial charge in [0.05, 0.1) is 18.0 Å². The average Bonchev–Trinajstić information content (AvgIpc) is 2.04. The zero-order valence-electron chi connectivity index (χ0n) is 6.36. The molecule has 0 aliphatic heterocycles. The predicted octanol–water partition coefficient (Wildman–Crippen LogP) is 0.791. The quantitative estimate of drug-likeness (QED) is 0.678. The molecule has 0 aliphatic rings. The Hall–Kier alpha value is -1.22. The molecule has 1 heterocycles. The van der Waals surface area contributed by atoms with Gasteiger partial charge in [0, 0.05) is 0 Å². The van der Waals surface area contributed by atoms with E-state index in [1.807, 2.05) is 19.1 Å². The highest BCUT2D eigenvalue weighted by Crippen LogP contribution is 1.96. The molecule has 0 aromatic carbocycles. The van der Waals surface area contributed by atoms with E-state index >= 15 is 0 Å². The van der Waals surface area contributed by atoms with Crippen molar-refractivity contribution in [3.8, 4) is 0 Å². The molecule has 0 amide bonds. The van der Waals surface area contributed by atoms with Crippen molar-refractivity contribution >= 4 is 6.08 Å². The van der Waals surface area contributed by atoms with Gasteiger partial charge >= 0.3 is 0 Å². The van der Waals surface area contributed by atoms with Crippen LogP contribution in [0.1, 0.15) is 11.4 Å². The average molecular weight is 150 g/mol. The van der Waals surface area contributed by atoms with Crippen LogP contribution in [0.25, 0.3) is 6.08 Å².